The summed E-state index contributed by atoms with van der Waals surface area (Å²) < 4.78 is 0. The summed E-state index contributed by atoms with van der Waals surface area (Å²) in [6.07, 6.45) is 5.05. The van der Waals surface area contributed by atoms with E-state index in [0.29, 0.717) is 6.04 Å². The molecule has 1 aromatic heterocycles. The maximum atomic E-state index is 4.57. The molecule has 1 fully saturated rings. The number of benzene rings is 2. The van der Waals surface area contributed by atoms with E-state index in [1.165, 1.54) is 17.2 Å². The van der Waals surface area contributed by atoms with Crippen LogP contribution in [-0.2, 0) is 6.54 Å². The molecule has 1 saturated heterocycles. The van der Waals surface area contributed by atoms with Gasteiger partial charge >= 0.3 is 0 Å². The van der Waals surface area contributed by atoms with Gasteiger partial charge in [0, 0.05) is 49.2 Å². The summed E-state index contributed by atoms with van der Waals surface area (Å²) in [5.41, 5.74) is 8.67. The summed E-state index contributed by atoms with van der Waals surface area (Å²) >= 11 is 0. The van der Waals surface area contributed by atoms with E-state index in [2.05, 4.69) is 75.2 Å². The van der Waals surface area contributed by atoms with Gasteiger partial charge in [-0.2, -0.15) is 0 Å². The van der Waals surface area contributed by atoms with Crippen molar-refractivity contribution in [1.29, 1.82) is 0 Å². The number of hydrogen-bond donors (Lipinski definition) is 2. The van der Waals surface area contributed by atoms with Gasteiger partial charge < -0.3 is 4.90 Å². The minimum absolute atomic E-state index is 0.516. The second-order valence-corrected chi connectivity index (χ2v) is 6.73. The summed E-state index contributed by atoms with van der Waals surface area (Å²) in [6.45, 7) is 2.91. The molecule has 25 heavy (non-hydrogen) atoms. The molecular formula is C20H23N5. The Morgan fingerprint density at radius 1 is 1.08 bits per heavy atom. The summed E-state index contributed by atoms with van der Waals surface area (Å²) in [5, 5.41) is 2.45. The number of aromatic nitrogens is 2. The molecule has 1 aliphatic rings. The van der Waals surface area contributed by atoms with Gasteiger partial charge in [-0.1, -0.05) is 36.4 Å². The van der Waals surface area contributed by atoms with Crippen molar-refractivity contribution in [3.63, 3.8) is 0 Å². The Labute approximate surface area is 148 Å². The first-order valence-electron chi connectivity index (χ1n) is 8.75. The van der Waals surface area contributed by atoms with E-state index >= 15 is 0 Å². The zero-order chi connectivity index (χ0) is 17.1. The highest BCUT2D eigenvalue weighted by Gasteiger charge is 2.15. The van der Waals surface area contributed by atoms with Crippen molar-refractivity contribution in [1.82, 2.24) is 25.7 Å². The minimum atomic E-state index is 0.516. The largest absolute Gasteiger partial charge is 0.300 e. The first-order valence-corrected chi connectivity index (χ1v) is 8.75. The molecule has 2 N–H and O–H groups in total. The molecule has 4 rings (SSSR count). The van der Waals surface area contributed by atoms with Crippen molar-refractivity contribution in [3.05, 3.63) is 60.4 Å². The second kappa shape index (κ2) is 7.27. The Morgan fingerprint density at radius 2 is 1.88 bits per heavy atom. The molecule has 0 aliphatic carbocycles. The molecule has 1 aliphatic heterocycles. The molecule has 5 heteroatoms. The molecule has 1 unspecified atom stereocenters. The van der Waals surface area contributed by atoms with Gasteiger partial charge in [0.05, 0.1) is 0 Å². The average molecular weight is 333 g/mol. The van der Waals surface area contributed by atoms with E-state index < -0.39 is 0 Å². The Morgan fingerprint density at radius 3 is 2.64 bits per heavy atom. The predicted molar refractivity (Wildman–Crippen MR) is 101 cm³/mol. The van der Waals surface area contributed by atoms with Crippen LogP contribution in [0.1, 0.15) is 12.0 Å². The third-order valence-electron chi connectivity index (χ3n) is 4.62. The lowest BCUT2D eigenvalue weighted by Crippen LogP contribution is -2.38. The smallest absolute Gasteiger partial charge is 0.159 e. The highest BCUT2D eigenvalue weighted by molar-refractivity contribution is 5.86. The van der Waals surface area contributed by atoms with E-state index in [1.54, 1.807) is 0 Å². The fourth-order valence-electron chi connectivity index (χ4n) is 3.34. The van der Waals surface area contributed by atoms with E-state index in [1.807, 2.05) is 12.4 Å². The third-order valence-corrected chi connectivity index (χ3v) is 4.62. The van der Waals surface area contributed by atoms with Crippen LogP contribution in [-0.4, -0.2) is 41.0 Å². The zero-order valence-electron chi connectivity index (χ0n) is 14.4. The fourth-order valence-corrected chi connectivity index (χ4v) is 3.34. The lowest BCUT2D eigenvalue weighted by atomic mass is 10.1. The Hall–Kier alpha value is -2.34. The van der Waals surface area contributed by atoms with Gasteiger partial charge in [0.15, 0.2) is 5.82 Å². The molecule has 0 spiro atoms. The monoisotopic (exact) mass is 333 g/mol. The molecule has 2 aromatic carbocycles. The molecule has 0 saturated carbocycles. The Balaban J connectivity index is 1.45. The third kappa shape index (κ3) is 3.85. The number of rotatable bonds is 5. The number of nitrogens with zero attached hydrogens (tertiary/aromatic N) is 3. The van der Waals surface area contributed by atoms with Gasteiger partial charge in [-0.05, 0) is 30.3 Å². The van der Waals surface area contributed by atoms with Crippen LogP contribution in [0.3, 0.4) is 0 Å². The molecule has 0 bridgehead atoms. The normalized spacial score (nSPS) is 17.4. The first kappa shape index (κ1) is 16.1. The van der Waals surface area contributed by atoms with Crippen molar-refractivity contribution in [2.45, 2.75) is 19.0 Å². The maximum Gasteiger partial charge on any atom is 0.159 e. The molecule has 3 aromatic rings. The van der Waals surface area contributed by atoms with E-state index in [0.717, 1.165) is 36.6 Å². The molecule has 5 nitrogen and oxygen atoms in total. The molecular weight excluding hydrogens is 310 g/mol. The van der Waals surface area contributed by atoms with Gasteiger partial charge in [0.25, 0.3) is 0 Å². The van der Waals surface area contributed by atoms with Crippen LogP contribution in [0.25, 0.3) is 22.2 Å². The lowest BCUT2D eigenvalue weighted by molar-refractivity contribution is 0.289. The number of nitrogens with one attached hydrogen (secondary N) is 2. The molecule has 0 radical (unpaired) electrons. The second-order valence-electron chi connectivity index (χ2n) is 6.73. The van der Waals surface area contributed by atoms with Gasteiger partial charge in [-0.3, -0.25) is 10.9 Å². The van der Waals surface area contributed by atoms with Gasteiger partial charge in [0.1, 0.15) is 0 Å². The summed E-state index contributed by atoms with van der Waals surface area (Å²) in [7, 11) is 2.14. The predicted octanol–water partition coefficient (Wildman–Crippen LogP) is 2.60. The Bertz CT molecular complexity index is 840. The van der Waals surface area contributed by atoms with Crippen molar-refractivity contribution in [2.75, 3.05) is 20.1 Å². The number of likely N-dealkylation sites (N-methyl/N-ethyl adjacent to an activating group) is 1. The first-order chi connectivity index (χ1) is 12.3. The van der Waals surface area contributed by atoms with Crippen LogP contribution in [0.5, 0.6) is 0 Å². The van der Waals surface area contributed by atoms with Crippen molar-refractivity contribution in [3.8, 4) is 11.4 Å². The quantitative estimate of drug-likeness (QED) is 0.752. The maximum absolute atomic E-state index is 4.57. The van der Waals surface area contributed by atoms with E-state index in [4.69, 9.17) is 0 Å². The van der Waals surface area contributed by atoms with Crippen LogP contribution < -0.4 is 10.9 Å². The number of hydrogen-bond acceptors (Lipinski definition) is 5. The summed E-state index contributed by atoms with van der Waals surface area (Å²) in [4.78, 5) is 11.5. The topological polar surface area (TPSA) is 53.1 Å². The van der Waals surface area contributed by atoms with Crippen LogP contribution in [0.4, 0.5) is 0 Å². The van der Waals surface area contributed by atoms with Crippen molar-refractivity contribution >= 4 is 10.8 Å². The summed E-state index contributed by atoms with van der Waals surface area (Å²) in [5.74, 6) is 0.777. The SMILES string of the molecule is CN(Cc1cnc(-c2ccc3ccccc3c2)nc1)CC1CCNN1. The average Bonchev–Trinajstić information content (AvgIpc) is 3.15. The van der Waals surface area contributed by atoms with Crippen LogP contribution >= 0.6 is 0 Å². The van der Waals surface area contributed by atoms with Crippen LogP contribution in [0.15, 0.2) is 54.9 Å². The van der Waals surface area contributed by atoms with Gasteiger partial charge in [0.2, 0.25) is 0 Å². The highest BCUT2D eigenvalue weighted by Crippen LogP contribution is 2.21. The standard InChI is InChI=1S/C20H23N5/c1-25(14-19-8-9-23-24-19)13-15-11-21-20(22-12-15)18-7-6-16-4-2-3-5-17(16)10-18/h2-7,10-12,19,23-24H,8-9,13-14H2,1H3. The van der Waals surface area contributed by atoms with Crippen LogP contribution in [0, 0.1) is 0 Å². The number of fused-ring (bicyclic) bond motifs is 1. The van der Waals surface area contributed by atoms with E-state index in [-0.39, 0.29) is 0 Å². The minimum Gasteiger partial charge on any atom is -0.300 e. The zero-order valence-corrected chi connectivity index (χ0v) is 14.4. The summed E-state index contributed by atoms with van der Waals surface area (Å²) in [6, 6.07) is 15.2. The van der Waals surface area contributed by atoms with Gasteiger partial charge in [-0.15, -0.1) is 0 Å². The van der Waals surface area contributed by atoms with E-state index in [9.17, 15) is 0 Å². The molecule has 2 heterocycles. The lowest BCUT2D eigenvalue weighted by Gasteiger charge is -2.20. The highest BCUT2D eigenvalue weighted by atomic mass is 15.4. The van der Waals surface area contributed by atoms with Crippen LogP contribution in [0.2, 0.25) is 0 Å². The van der Waals surface area contributed by atoms with Crippen molar-refractivity contribution < 1.29 is 0 Å². The molecule has 1 atom stereocenters. The molecule has 128 valence electrons. The van der Waals surface area contributed by atoms with Crippen molar-refractivity contribution in [2.24, 2.45) is 0 Å². The van der Waals surface area contributed by atoms with Gasteiger partial charge in [-0.25, -0.2) is 9.97 Å². The molecule has 0 amide bonds. The Kier molecular flexibility index (Phi) is 4.70. The fraction of sp³-hybridized carbons (Fsp3) is 0.300. The number of hydrazine groups is 1.